The van der Waals surface area contributed by atoms with Crippen LogP contribution in [0.5, 0.6) is 11.5 Å². The van der Waals surface area contributed by atoms with E-state index < -0.39 is 0 Å². The van der Waals surface area contributed by atoms with Crippen molar-refractivity contribution in [2.45, 2.75) is 32.6 Å². The van der Waals surface area contributed by atoms with Gasteiger partial charge in [-0.25, -0.2) is 14.6 Å². The van der Waals surface area contributed by atoms with Crippen LogP contribution in [-0.4, -0.2) is 71.0 Å². The van der Waals surface area contributed by atoms with Crippen molar-refractivity contribution in [1.82, 2.24) is 24.6 Å². The summed E-state index contributed by atoms with van der Waals surface area (Å²) in [4.78, 5) is 27.5. The molecule has 2 aromatic carbocycles. The first-order chi connectivity index (χ1) is 18.5. The van der Waals surface area contributed by atoms with Crippen molar-refractivity contribution in [3.8, 4) is 17.2 Å². The average molecular weight is 515 g/mol. The highest BCUT2D eigenvalue weighted by Crippen LogP contribution is 2.30. The lowest BCUT2D eigenvalue weighted by Gasteiger charge is -2.36. The molecule has 4 aromatic rings. The van der Waals surface area contributed by atoms with Gasteiger partial charge in [0.1, 0.15) is 23.1 Å². The highest BCUT2D eigenvalue weighted by atomic mass is 16.5. The van der Waals surface area contributed by atoms with Crippen LogP contribution in [0.1, 0.15) is 48.8 Å². The summed E-state index contributed by atoms with van der Waals surface area (Å²) in [6.07, 6.45) is 3.92. The van der Waals surface area contributed by atoms with Gasteiger partial charge >= 0.3 is 0 Å². The summed E-state index contributed by atoms with van der Waals surface area (Å²) in [5.74, 6) is 3.09. The van der Waals surface area contributed by atoms with Crippen molar-refractivity contribution in [3.05, 3.63) is 66.1 Å². The van der Waals surface area contributed by atoms with Gasteiger partial charge in [0.2, 0.25) is 0 Å². The van der Waals surface area contributed by atoms with Crippen LogP contribution in [0.3, 0.4) is 0 Å². The second-order valence-corrected chi connectivity index (χ2v) is 9.60. The zero-order valence-electron chi connectivity index (χ0n) is 22.4. The summed E-state index contributed by atoms with van der Waals surface area (Å²) in [5.41, 5.74) is 2.32. The Morgan fingerprint density at radius 2 is 1.66 bits per heavy atom. The predicted octanol–water partition coefficient (Wildman–Crippen LogP) is 4.70. The molecule has 0 bridgehead atoms. The molecule has 1 unspecified atom stereocenters. The van der Waals surface area contributed by atoms with E-state index in [1.807, 2.05) is 46.1 Å². The summed E-state index contributed by atoms with van der Waals surface area (Å²) < 4.78 is 12.6. The number of carbonyl (C=O) groups excluding carboxylic acids is 1. The van der Waals surface area contributed by atoms with Gasteiger partial charge in [0.25, 0.3) is 5.91 Å². The van der Waals surface area contributed by atoms with Crippen molar-refractivity contribution in [2.24, 2.45) is 0 Å². The molecule has 38 heavy (non-hydrogen) atoms. The van der Waals surface area contributed by atoms with Crippen molar-refractivity contribution >= 4 is 22.8 Å². The van der Waals surface area contributed by atoms with Crippen molar-refractivity contribution in [1.29, 1.82) is 0 Å². The molecule has 0 saturated carbocycles. The zero-order chi connectivity index (χ0) is 26.6. The Hall–Kier alpha value is -4.14. The van der Waals surface area contributed by atoms with Gasteiger partial charge in [-0.15, -0.1) is 0 Å². The molecule has 1 aliphatic heterocycles. The molecule has 198 valence electrons. The van der Waals surface area contributed by atoms with E-state index in [0.717, 1.165) is 41.2 Å². The lowest BCUT2D eigenvalue weighted by Crippen LogP contribution is -2.49. The smallest absolute Gasteiger partial charge is 0.254 e. The molecule has 1 atom stereocenters. The molecule has 1 amide bonds. The van der Waals surface area contributed by atoms with E-state index in [0.29, 0.717) is 43.2 Å². The lowest BCUT2D eigenvalue weighted by molar-refractivity contribution is 0.0746. The Morgan fingerprint density at radius 3 is 2.29 bits per heavy atom. The largest absolute Gasteiger partial charge is 0.497 e. The number of carbonyl (C=O) groups is 1. The fourth-order valence-corrected chi connectivity index (χ4v) is 4.93. The van der Waals surface area contributed by atoms with Gasteiger partial charge in [-0.2, -0.15) is 5.10 Å². The number of aromatic nitrogens is 4. The van der Waals surface area contributed by atoms with Gasteiger partial charge in [0.05, 0.1) is 31.5 Å². The van der Waals surface area contributed by atoms with E-state index in [1.165, 1.54) is 0 Å². The monoisotopic (exact) mass is 514 g/mol. The normalized spacial score (nSPS) is 14.5. The van der Waals surface area contributed by atoms with Gasteiger partial charge in [0.15, 0.2) is 5.65 Å². The summed E-state index contributed by atoms with van der Waals surface area (Å²) in [6, 6.07) is 15.3. The number of ether oxygens (including phenoxy) is 2. The number of amides is 1. The van der Waals surface area contributed by atoms with Crippen LogP contribution in [0, 0.1) is 0 Å². The molecule has 0 radical (unpaired) electrons. The van der Waals surface area contributed by atoms with Gasteiger partial charge in [-0.3, -0.25) is 4.79 Å². The van der Waals surface area contributed by atoms with E-state index in [4.69, 9.17) is 19.4 Å². The molecular formula is C29H34N6O3. The number of nitrogens with zero attached hydrogens (tertiary/aromatic N) is 6. The Kier molecular flexibility index (Phi) is 7.44. The van der Waals surface area contributed by atoms with Gasteiger partial charge in [-0.1, -0.05) is 38.5 Å². The van der Waals surface area contributed by atoms with Crippen LogP contribution < -0.4 is 14.4 Å². The van der Waals surface area contributed by atoms with E-state index in [-0.39, 0.29) is 11.8 Å². The second-order valence-electron chi connectivity index (χ2n) is 9.60. The van der Waals surface area contributed by atoms with Gasteiger partial charge < -0.3 is 19.3 Å². The quantitative estimate of drug-likeness (QED) is 0.337. The summed E-state index contributed by atoms with van der Waals surface area (Å²) in [7, 11) is 3.17. The van der Waals surface area contributed by atoms with Crippen LogP contribution in [-0.2, 0) is 0 Å². The number of para-hydroxylation sites is 1. The fraction of sp³-hybridized carbons (Fsp3) is 0.379. The molecule has 9 heteroatoms. The maximum Gasteiger partial charge on any atom is 0.254 e. The minimum Gasteiger partial charge on any atom is -0.497 e. The SMILES string of the molecule is CCCC(C)c1nc(N2CCN(C(=O)c3cc(OC)cc(OC)c3)CC2)c2cnn(-c3ccccc3)c2n1. The lowest BCUT2D eigenvalue weighted by atomic mass is 10.1. The number of piperazine rings is 1. The van der Waals surface area contributed by atoms with E-state index >= 15 is 0 Å². The van der Waals surface area contributed by atoms with Crippen molar-refractivity contribution in [3.63, 3.8) is 0 Å². The summed E-state index contributed by atoms with van der Waals surface area (Å²) in [5, 5.41) is 5.60. The van der Waals surface area contributed by atoms with Crippen LogP contribution >= 0.6 is 0 Å². The molecule has 0 N–H and O–H groups in total. The van der Waals surface area contributed by atoms with Gasteiger partial charge in [-0.05, 0) is 30.7 Å². The highest BCUT2D eigenvalue weighted by molar-refractivity contribution is 5.95. The molecule has 1 aliphatic rings. The first-order valence-corrected chi connectivity index (χ1v) is 13.1. The van der Waals surface area contributed by atoms with E-state index in [9.17, 15) is 4.79 Å². The Morgan fingerprint density at radius 1 is 0.974 bits per heavy atom. The highest BCUT2D eigenvalue weighted by Gasteiger charge is 2.27. The molecule has 1 fully saturated rings. The zero-order valence-corrected chi connectivity index (χ0v) is 22.4. The number of rotatable bonds is 8. The van der Waals surface area contributed by atoms with Gasteiger partial charge in [0, 0.05) is 43.7 Å². The summed E-state index contributed by atoms with van der Waals surface area (Å²) in [6.45, 7) is 6.84. The third-order valence-corrected chi connectivity index (χ3v) is 7.05. The van der Waals surface area contributed by atoms with Crippen molar-refractivity contribution in [2.75, 3.05) is 45.3 Å². The standard InChI is InChI=1S/C29H34N6O3/c1-5-9-20(2)26-31-27(25-19-30-35(28(25)32-26)22-10-7-6-8-11-22)33-12-14-34(15-13-33)29(36)21-16-23(37-3)18-24(17-21)38-4/h6-8,10-11,16-20H,5,9,12-15H2,1-4H3. The maximum atomic E-state index is 13.3. The number of methoxy groups -OCH3 is 2. The third-order valence-electron chi connectivity index (χ3n) is 7.05. The van der Waals surface area contributed by atoms with Crippen molar-refractivity contribution < 1.29 is 14.3 Å². The molecule has 2 aromatic heterocycles. The van der Waals surface area contributed by atoms with Crippen LogP contribution in [0.4, 0.5) is 5.82 Å². The molecule has 5 rings (SSSR count). The number of fused-ring (bicyclic) bond motifs is 1. The van der Waals surface area contributed by atoms with Crippen LogP contribution in [0.25, 0.3) is 16.7 Å². The first kappa shape index (κ1) is 25.5. The summed E-state index contributed by atoms with van der Waals surface area (Å²) >= 11 is 0. The minimum atomic E-state index is -0.0381. The predicted molar refractivity (Wildman–Crippen MR) is 148 cm³/mol. The van der Waals surface area contributed by atoms with E-state index in [2.05, 4.69) is 23.8 Å². The Balaban J connectivity index is 1.43. The first-order valence-electron chi connectivity index (χ1n) is 13.1. The fourth-order valence-electron chi connectivity index (χ4n) is 4.93. The van der Waals surface area contributed by atoms with Crippen LogP contribution in [0.15, 0.2) is 54.7 Å². The Labute approximate surface area is 223 Å². The molecule has 9 nitrogen and oxygen atoms in total. The molecule has 0 aliphatic carbocycles. The number of benzene rings is 2. The number of hydrogen-bond donors (Lipinski definition) is 0. The van der Waals surface area contributed by atoms with E-state index in [1.54, 1.807) is 32.4 Å². The number of anilines is 1. The topological polar surface area (TPSA) is 85.6 Å². The minimum absolute atomic E-state index is 0.0381. The molecule has 3 heterocycles. The van der Waals surface area contributed by atoms with Crippen LogP contribution in [0.2, 0.25) is 0 Å². The molecular weight excluding hydrogens is 480 g/mol. The third kappa shape index (κ3) is 5.01. The molecule has 0 spiro atoms. The molecule has 1 saturated heterocycles. The number of hydrogen-bond acceptors (Lipinski definition) is 7. The Bertz CT molecular complexity index is 1390. The maximum absolute atomic E-state index is 13.3. The second kappa shape index (κ2) is 11.1. The average Bonchev–Trinajstić information content (AvgIpc) is 3.41.